The Morgan fingerprint density at radius 3 is 2.19 bits per heavy atom. The highest BCUT2D eigenvalue weighted by Crippen LogP contribution is 2.23. The first-order valence-electron chi connectivity index (χ1n) is 4.63. The summed E-state index contributed by atoms with van der Waals surface area (Å²) < 4.78 is 8.98. The van der Waals surface area contributed by atoms with Gasteiger partial charge in [0.2, 0.25) is 5.91 Å². The van der Waals surface area contributed by atoms with Crippen molar-refractivity contribution >= 4 is 17.8 Å². The Labute approximate surface area is 92.2 Å². The Morgan fingerprint density at radius 1 is 1.19 bits per heavy atom. The Bertz CT molecular complexity index is 315. The van der Waals surface area contributed by atoms with Crippen molar-refractivity contribution in [2.24, 2.45) is 0 Å². The molecule has 7 heteroatoms. The molecule has 1 amide bonds. The van der Waals surface area contributed by atoms with E-state index in [2.05, 4.69) is 9.47 Å². The van der Waals surface area contributed by atoms with Crippen molar-refractivity contribution in [2.45, 2.75) is 25.5 Å². The summed E-state index contributed by atoms with van der Waals surface area (Å²) in [6.07, 6.45) is -0.906. The Hall–Kier alpha value is -1.63. The Kier molecular flexibility index (Phi) is 3.83. The van der Waals surface area contributed by atoms with E-state index < -0.39 is 30.0 Å². The number of hydroxylamine groups is 2. The van der Waals surface area contributed by atoms with E-state index in [1.165, 1.54) is 21.1 Å². The van der Waals surface area contributed by atoms with E-state index in [0.717, 1.165) is 5.06 Å². The third kappa shape index (κ3) is 2.30. The van der Waals surface area contributed by atoms with Gasteiger partial charge in [-0.15, -0.1) is 0 Å². The molecule has 1 aliphatic rings. The van der Waals surface area contributed by atoms with Crippen LogP contribution in [-0.4, -0.2) is 49.3 Å². The fraction of sp³-hybridized carbons (Fsp3) is 0.667. The van der Waals surface area contributed by atoms with Crippen LogP contribution >= 0.6 is 0 Å². The van der Waals surface area contributed by atoms with Gasteiger partial charge in [0.05, 0.1) is 14.2 Å². The molecule has 0 saturated carbocycles. The maximum atomic E-state index is 11.3. The molecule has 90 valence electrons. The molecule has 0 radical (unpaired) electrons. The molecule has 1 fully saturated rings. The lowest BCUT2D eigenvalue weighted by atomic mass is 10.1. The van der Waals surface area contributed by atoms with Crippen molar-refractivity contribution in [3.8, 4) is 0 Å². The van der Waals surface area contributed by atoms with E-state index in [4.69, 9.17) is 4.84 Å². The molecule has 0 unspecified atom stereocenters. The molecular weight excluding hydrogens is 218 g/mol. The van der Waals surface area contributed by atoms with Crippen LogP contribution in [0.4, 0.5) is 0 Å². The second kappa shape index (κ2) is 4.93. The smallest absolute Gasteiger partial charge is 0.337 e. The minimum Gasteiger partial charge on any atom is -0.467 e. The van der Waals surface area contributed by atoms with Crippen molar-refractivity contribution in [1.82, 2.24) is 5.06 Å². The predicted molar refractivity (Wildman–Crippen MR) is 49.8 cm³/mol. The van der Waals surface area contributed by atoms with Gasteiger partial charge in [0, 0.05) is 13.3 Å². The number of methoxy groups -OCH3 is 2. The summed E-state index contributed by atoms with van der Waals surface area (Å²) in [7, 11) is 2.40. The minimum absolute atomic E-state index is 0.0406. The Balaban J connectivity index is 2.79. The number of carbonyl (C=O) groups is 3. The van der Waals surface area contributed by atoms with Crippen LogP contribution in [0.5, 0.6) is 0 Å². The summed E-state index contributed by atoms with van der Waals surface area (Å²) in [5.74, 6) is -1.72. The van der Waals surface area contributed by atoms with Crippen molar-refractivity contribution in [1.29, 1.82) is 0 Å². The molecule has 0 bridgehead atoms. The number of hydrogen-bond donors (Lipinski definition) is 0. The molecule has 1 saturated heterocycles. The van der Waals surface area contributed by atoms with Crippen LogP contribution in [-0.2, 0) is 28.7 Å². The van der Waals surface area contributed by atoms with Crippen molar-refractivity contribution in [3.05, 3.63) is 0 Å². The fourth-order valence-corrected chi connectivity index (χ4v) is 1.44. The minimum atomic E-state index is -0.946. The van der Waals surface area contributed by atoms with Crippen LogP contribution in [0, 0.1) is 0 Å². The summed E-state index contributed by atoms with van der Waals surface area (Å²) in [4.78, 5) is 38.7. The highest BCUT2D eigenvalue weighted by atomic mass is 16.7. The molecule has 7 nitrogen and oxygen atoms in total. The first-order valence-corrected chi connectivity index (χ1v) is 4.63. The van der Waals surface area contributed by atoms with Gasteiger partial charge in [0.15, 0.2) is 12.1 Å². The van der Waals surface area contributed by atoms with E-state index in [1.54, 1.807) is 0 Å². The van der Waals surface area contributed by atoms with Gasteiger partial charge in [0.25, 0.3) is 0 Å². The van der Waals surface area contributed by atoms with Crippen LogP contribution in [0.2, 0.25) is 0 Å². The third-order valence-corrected chi connectivity index (χ3v) is 2.21. The second-order valence-electron chi connectivity index (χ2n) is 3.24. The maximum Gasteiger partial charge on any atom is 0.337 e. The SMILES string of the molecule is COC(=O)[C@@H]1C[C@H](C(=O)OC)N(C(C)=O)O1. The summed E-state index contributed by atoms with van der Waals surface area (Å²) in [6, 6.07) is -0.897. The second-order valence-corrected chi connectivity index (χ2v) is 3.24. The van der Waals surface area contributed by atoms with Gasteiger partial charge in [0.1, 0.15) is 0 Å². The zero-order valence-corrected chi connectivity index (χ0v) is 9.26. The monoisotopic (exact) mass is 231 g/mol. The number of rotatable bonds is 2. The number of amides is 1. The van der Waals surface area contributed by atoms with Crippen molar-refractivity contribution in [2.75, 3.05) is 14.2 Å². The standard InChI is InChI=1S/C9H13NO6/c1-5(11)10-6(8(12)14-2)4-7(16-10)9(13)15-3/h6-7H,4H2,1-3H3/t6-,7+/m1/s1. The summed E-state index contributed by atoms with van der Waals surface area (Å²) >= 11 is 0. The first kappa shape index (κ1) is 12.4. The number of nitrogens with zero attached hydrogens (tertiary/aromatic N) is 1. The molecule has 1 aliphatic heterocycles. The van der Waals surface area contributed by atoms with Crippen molar-refractivity contribution < 1.29 is 28.7 Å². The quantitative estimate of drug-likeness (QED) is 0.582. The van der Waals surface area contributed by atoms with E-state index in [9.17, 15) is 14.4 Å². The molecule has 0 aromatic heterocycles. The van der Waals surface area contributed by atoms with Gasteiger partial charge in [-0.3, -0.25) is 9.63 Å². The summed E-state index contributed by atoms with van der Waals surface area (Å²) in [5, 5.41) is 0.841. The van der Waals surface area contributed by atoms with Gasteiger partial charge in [-0.1, -0.05) is 0 Å². The predicted octanol–water partition coefficient (Wildman–Crippen LogP) is -0.747. The van der Waals surface area contributed by atoms with Crippen LogP contribution in [0.15, 0.2) is 0 Å². The van der Waals surface area contributed by atoms with Crippen molar-refractivity contribution in [3.63, 3.8) is 0 Å². The van der Waals surface area contributed by atoms with Gasteiger partial charge < -0.3 is 9.47 Å². The molecule has 0 spiro atoms. The lowest BCUT2D eigenvalue weighted by Crippen LogP contribution is -2.39. The molecule has 1 rings (SSSR count). The molecule has 0 aromatic carbocycles. The average molecular weight is 231 g/mol. The van der Waals surface area contributed by atoms with Gasteiger partial charge >= 0.3 is 11.9 Å². The van der Waals surface area contributed by atoms with E-state index >= 15 is 0 Å². The van der Waals surface area contributed by atoms with Gasteiger partial charge in [-0.05, 0) is 0 Å². The van der Waals surface area contributed by atoms with Gasteiger partial charge in [-0.2, -0.15) is 0 Å². The van der Waals surface area contributed by atoms with Crippen LogP contribution in [0.3, 0.4) is 0 Å². The number of carbonyl (C=O) groups excluding carboxylic acids is 3. The molecular formula is C9H13NO6. The molecule has 0 aromatic rings. The number of esters is 2. The van der Waals surface area contributed by atoms with Crippen LogP contribution < -0.4 is 0 Å². The summed E-state index contributed by atoms with van der Waals surface area (Å²) in [6.45, 7) is 1.23. The Morgan fingerprint density at radius 2 is 1.75 bits per heavy atom. The molecule has 0 aliphatic carbocycles. The topological polar surface area (TPSA) is 82.1 Å². The van der Waals surface area contributed by atoms with E-state index in [1.807, 2.05) is 0 Å². The lowest BCUT2D eigenvalue weighted by Gasteiger charge is -2.18. The highest BCUT2D eigenvalue weighted by molar-refractivity contribution is 5.85. The van der Waals surface area contributed by atoms with Crippen LogP contribution in [0.25, 0.3) is 0 Å². The third-order valence-electron chi connectivity index (χ3n) is 2.21. The van der Waals surface area contributed by atoms with Gasteiger partial charge in [-0.25, -0.2) is 14.7 Å². The molecule has 0 N–H and O–H groups in total. The normalized spacial score (nSPS) is 24.1. The highest BCUT2D eigenvalue weighted by Gasteiger charge is 2.44. The maximum absolute atomic E-state index is 11.3. The zero-order valence-electron chi connectivity index (χ0n) is 9.26. The lowest BCUT2D eigenvalue weighted by molar-refractivity contribution is -0.199. The van der Waals surface area contributed by atoms with E-state index in [-0.39, 0.29) is 6.42 Å². The average Bonchev–Trinajstić information content (AvgIpc) is 2.71. The first-order chi connectivity index (χ1) is 7.51. The molecule has 1 heterocycles. The van der Waals surface area contributed by atoms with Crippen LogP contribution in [0.1, 0.15) is 13.3 Å². The summed E-state index contributed by atoms with van der Waals surface area (Å²) in [5.41, 5.74) is 0. The zero-order chi connectivity index (χ0) is 12.3. The largest absolute Gasteiger partial charge is 0.467 e. The number of hydrogen-bond acceptors (Lipinski definition) is 6. The fourth-order valence-electron chi connectivity index (χ4n) is 1.44. The molecule has 16 heavy (non-hydrogen) atoms. The number of ether oxygens (including phenoxy) is 2. The molecule has 2 atom stereocenters. The van der Waals surface area contributed by atoms with E-state index in [0.29, 0.717) is 0 Å².